The Morgan fingerprint density at radius 2 is 2.33 bits per heavy atom. The van der Waals surface area contributed by atoms with Gasteiger partial charge in [0, 0.05) is 19.6 Å². The van der Waals surface area contributed by atoms with E-state index in [0.717, 1.165) is 12.5 Å². The first kappa shape index (κ1) is 7.03. The summed E-state index contributed by atoms with van der Waals surface area (Å²) in [5.41, 5.74) is 0. The van der Waals surface area contributed by atoms with Crippen molar-refractivity contribution in [2.24, 2.45) is 5.92 Å². The van der Waals surface area contributed by atoms with Gasteiger partial charge in [0.2, 0.25) is 0 Å². The highest BCUT2D eigenvalue weighted by molar-refractivity contribution is 4.67. The number of hydrogen-bond acceptors (Lipinski definition) is 2. The van der Waals surface area contributed by atoms with Gasteiger partial charge in [0.25, 0.3) is 0 Å². The predicted molar refractivity (Wildman–Crippen MR) is 39.5 cm³/mol. The van der Waals surface area contributed by atoms with E-state index in [1.807, 2.05) is 0 Å². The molecule has 2 heteroatoms. The third kappa shape index (κ3) is 2.33. The summed E-state index contributed by atoms with van der Waals surface area (Å²) in [5.74, 6) is 0.817. The Morgan fingerprint density at radius 1 is 1.56 bits per heavy atom. The fraction of sp³-hybridized carbons (Fsp3) is 1.00. The second-order valence-electron chi connectivity index (χ2n) is 3.07. The minimum absolute atomic E-state index is 0.817. The molecule has 0 saturated carbocycles. The SMILES string of the molecule is C[C@H]1CNCCN(C)C1. The van der Waals surface area contributed by atoms with Crippen molar-refractivity contribution in [2.75, 3.05) is 33.2 Å². The van der Waals surface area contributed by atoms with E-state index < -0.39 is 0 Å². The minimum Gasteiger partial charge on any atom is -0.315 e. The third-order valence-corrected chi connectivity index (χ3v) is 1.79. The molecule has 1 saturated heterocycles. The van der Waals surface area contributed by atoms with Gasteiger partial charge in [0.1, 0.15) is 0 Å². The standard InChI is InChI=1S/C7H16N2/c1-7-5-8-3-4-9(2)6-7/h7-8H,3-6H2,1-2H3/t7-/m0/s1. The van der Waals surface area contributed by atoms with Gasteiger partial charge in [-0.25, -0.2) is 0 Å². The summed E-state index contributed by atoms with van der Waals surface area (Å²) in [5, 5.41) is 3.39. The molecule has 1 aliphatic heterocycles. The first-order chi connectivity index (χ1) is 4.29. The summed E-state index contributed by atoms with van der Waals surface area (Å²) in [6.45, 7) is 7.07. The van der Waals surface area contributed by atoms with Crippen LogP contribution in [-0.4, -0.2) is 38.1 Å². The van der Waals surface area contributed by atoms with E-state index in [0.29, 0.717) is 0 Å². The second kappa shape index (κ2) is 3.18. The van der Waals surface area contributed by atoms with Crippen molar-refractivity contribution in [1.82, 2.24) is 10.2 Å². The number of likely N-dealkylation sites (N-methyl/N-ethyl adjacent to an activating group) is 1. The summed E-state index contributed by atoms with van der Waals surface area (Å²) < 4.78 is 0. The summed E-state index contributed by atoms with van der Waals surface area (Å²) in [6, 6.07) is 0. The average molecular weight is 128 g/mol. The highest BCUT2D eigenvalue weighted by Crippen LogP contribution is 1.98. The molecule has 1 heterocycles. The van der Waals surface area contributed by atoms with Crippen LogP contribution in [0.25, 0.3) is 0 Å². The maximum atomic E-state index is 3.39. The van der Waals surface area contributed by atoms with Gasteiger partial charge in [0.05, 0.1) is 0 Å². The van der Waals surface area contributed by atoms with Crippen LogP contribution in [0.15, 0.2) is 0 Å². The molecular formula is C7H16N2. The molecular weight excluding hydrogens is 112 g/mol. The van der Waals surface area contributed by atoms with E-state index in [1.165, 1.54) is 19.6 Å². The van der Waals surface area contributed by atoms with Crippen LogP contribution in [0, 0.1) is 5.92 Å². The Morgan fingerprint density at radius 3 is 3.11 bits per heavy atom. The van der Waals surface area contributed by atoms with E-state index in [9.17, 15) is 0 Å². The van der Waals surface area contributed by atoms with Crippen molar-refractivity contribution in [1.29, 1.82) is 0 Å². The van der Waals surface area contributed by atoms with Crippen molar-refractivity contribution in [3.63, 3.8) is 0 Å². The molecule has 1 fully saturated rings. The van der Waals surface area contributed by atoms with E-state index in [-0.39, 0.29) is 0 Å². The second-order valence-corrected chi connectivity index (χ2v) is 3.07. The molecule has 0 aliphatic carbocycles. The lowest BCUT2D eigenvalue weighted by molar-refractivity contribution is 0.321. The van der Waals surface area contributed by atoms with Crippen LogP contribution in [0.2, 0.25) is 0 Å². The third-order valence-electron chi connectivity index (χ3n) is 1.79. The van der Waals surface area contributed by atoms with Gasteiger partial charge in [-0.1, -0.05) is 6.92 Å². The molecule has 0 bridgehead atoms. The van der Waals surface area contributed by atoms with Crippen LogP contribution in [0.4, 0.5) is 0 Å². The zero-order valence-corrected chi connectivity index (χ0v) is 6.35. The van der Waals surface area contributed by atoms with Crippen molar-refractivity contribution in [3.8, 4) is 0 Å². The first-order valence-electron chi connectivity index (χ1n) is 3.68. The summed E-state index contributed by atoms with van der Waals surface area (Å²) >= 11 is 0. The fourth-order valence-corrected chi connectivity index (χ4v) is 1.31. The van der Waals surface area contributed by atoms with Crippen molar-refractivity contribution in [3.05, 3.63) is 0 Å². The molecule has 54 valence electrons. The first-order valence-corrected chi connectivity index (χ1v) is 3.68. The maximum absolute atomic E-state index is 3.39. The minimum atomic E-state index is 0.817. The Balaban J connectivity index is 2.29. The monoisotopic (exact) mass is 128 g/mol. The Hall–Kier alpha value is -0.0800. The lowest BCUT2D eigenvalue weighted by Gasteiger charge is -2.14. The number of nitrogens with zero attached hydrogens (tertiary/aromatic N) is 1. The molecule has 0 spiro atoms. The predicted octanol–water partition coefficient (Wildman–Crippen LogP) is 0.157. The molecule has 1 N–H and O–H groups in total. The number of rotatable bonds is 0. The van der Waals surface area contributed by atoms with Gasteiger partial charge in [-0.2, -0.15) is 0 Å². The Kier molecular flexibility index (Phi) is 2.49. The summed E-state index contributed by atoms with van der Waals surface area (Å²) in [4.78, 5) is 2.38. The van der Waals surface area contributed by atoms with E-state index in [2.05, 4.69) is 24.2 Å². The largest absolute Gasteiger partial charge is 0.315 e. The molecule has 9 heavy (non-hydrogen) atoms. The highest BCUT2D eigenvalue weighted by Gasteiger charge is 2.08. The lowest BCUT2D eigenvalue weighted by Crippen LogP contribution is -2.24. The van der Waals surface area contributed by atoms with Crippen molar-refractivity contribution < 1.29 is 0 Å². The molecule has 0 radical (unpaired) electrons. The normalized spacial score (nSPS) is 32.0. The van der Waals surface area contributed by atoms with Crippen LogP contribution in [0.3, 0.4) is 0 Å². The van der Waals surface area contributed by atoms with Crippen LogP contribution in [0.1, 0.15) is 6.92 Å². The van der Waals surface area contributed by atoms with Gasteiger partial charge in [-0.05, 0) is 19.5 Å². The van der Waals surface area contributed by atoms with E-state index in [1.54, 1.807) is 0 Å². The topological polar surface area (TPSA) is 15.3 Å². The van der Waals surface area contributed by atoms with Crippen molar-refractivity contribution >= 4 is 0 Å². The lowest BCUT2D eigenvalue weighted by atomic mass is 10.2. The van der Waals surface area contributed by atoms with Crippen molar-refractivity contribution in [2.45, 2.75) is 6.92 Å². The number of nitrogens with one attached hydrogen (secondary N) is 1. The molecule has 1 rings (SSSR count). The average Bonchev–Trinajstić information content (AvgIpc) is 1.93. The fourth-order valence-electron chi connectivity index (χ4n) is 1.31. The quantitative estimate of drug-likeness (QED) is 0.500. The highest BCUT2D eigenvalue weighted by atomic mass is 15.1. The molecule has 0 unspecified atom stereocenters. The van der Waals surface area contributed by atoms with Gasteiger partial charge in [-0.3, -0.25) is 0 Å². The van der Waals surface area contributed by atoms with Crippen LogP contribution in [0.5, 0.6) is 0 Å². The molecule has 0 aromatic rings. The smallest absolute Gasteiger partial charge is 0.0104 e. The van der Waals surface area contributed by atoms with E-state index >= 15 is 0 Å². The van der Waals surface area contributed by atoms with Gasteiger partial charge in [0.15, 0.2) is 0 Å². The molecule has 0 amide bonds. The van der Waals surface area contributed by atoms with Crippen LogP contribution >= 0.6 is 0 Å². The maximum Gasteiger partial charge on any atom is 0.0104 e. The molecule has 0 aromatic heterocycles. The van der Waals surface area contributed by atoms with Gasteiger partial charge < -0.3 is 10.2 Å². The molecule has 1 atom stereocenters. The zero-order valence-electron chi connectivity index (χ0n) is 6.35. The zero-order chi connectivity index (χ0) is 6.69. The molecule has 0 aromatic carbocycles. The van der Waals surface area contributed by atoms with Gasteiger partial charge in [-0.15, -0.1) is 0 Å². The molecule has 1 aliphatic rings. The Bertz CT molecular complexity index is 73.0. The van der Waals surface area contributed by atoms with E-state index in [4.69, 9.17) is 0 Å². The van der Waals surface area contributed by atoms with Crippen LogP contribution in [-0.2, 0) is 0 Å². The Labute approximate surface area is 57.2 Å². The summed E-state index contributed by atoms with van der Waals surface area (Å²) in [7, 11) is 2.18. The van der Waals surface area contributed by atoms with Crippen LogP contribution < -0.4 is 5.32 Å². The van der Waals surface area contributed by atoms with Gasteiger partial charge >= 0.3 is 0 Å². The number of hydrogen-bond donors (Lipinski definition) is 1. The summed E-state index contributed by atoms with van der Waals surface area (Å²) in [6.07, 6.45) is 0. The molecule has 2 nitrogen and oxygen atoms in total.